The lowest BCUT2D eigenvalue weighted by molar-refractivity contribution is -0.128. The lowest BCUT2D eigenvalue weighted by Gasteiger charge is -2.21. The molecule has 0 radical (unpaired) electrons. The summed E-state index contributed by atoms with van der Waals surface area (Å²) in [6, 6.07) is 5.90. The average Bonchev–Trinajstić information content (AvgIpc) is 2.80. The normalized spacial score (nSPS) is 17.1. The second kappa shape index (κ2) is 7.01. The highest BCUT2D eigenvalue weighted by atomic mass is 35.5. The van der Waals surface area contributed by atoms with Gasteiger partial charge < -0.3 is 15.1 Å². The molecule has 1 fully saturated rings. The first-order chi connectivity index (χ1) is 10.1. The molecule has 0 spiro atoms. The SMILES string of the molecule is CC(=O)N1CCCN(C(=O)c2ccc3c(c2)CCN3)CC1.Cl. The van der Waals surface area contributed by atoms with Crippen molar-refractivity contribution >= 4 is 29.9 Å². The molecule has 0 bridgehead atoms. The van der Waals surface area contributed by atoms with Gasteiger partial charge in [-0.15, -0.1) is 12.4 Å². The second-order valence-electron chi connectivity index (χ2n) is 5.70. The largest absolute Gasteiger partial charge is 0.384 e. The number of nitrogens with one attached hydrogen (secondary N) is 1. The summed E-state index contributed by atoms with van der Waals surface area (Å²) in [7, 11) is 0. The number of anilines is 1. The monoisotopic (exact) mass is 323 g/mol. The average molecular weight is 324 g/mol. The standard InChI is InChI=1S/C16H21N3O2.ClH/c1-12(20)18-7-2-8-19(10-9-18)16(21)14-3-4-15-13(11-14)5-6-17-15;/h3-4,11,17H,2,5-10H2,1H3;1H. The maximum Gasteiger partial charge on any atom is 0.253 e. The summed E-state index contributed by atoms with van der Waals surface area (Å²) >= 11 is 0. The molecule has 2 aliphatic rings. The van der Waals surface area contributed by atoms with Crippen molar-refractivity contribution in [1.82, 2.24) is 9.80 Å². The smallest absolute Gasteiger partial charge is 0.253 e. The minimum absolute atomic E-state index is 0. The first-order valence-electron chi connectivity index (χ1n) is 7.57. The van der Waals surface area contributed by atoms with Crippen LogP contribution in [0.1, 0.15) is 29.3 Å². The fourth-order valence-electron chi connectivity index (χ4n) is 3.06. The number of carbonyl (C=O) groups is 2. The molecule has 1 N–H and O–H groups in total. The van der Waals surface area contributed by atoms with E-state index in [9.17, 15) is 9.59 Å². The van der Waals surface area contributed by atoms with Gasteiger partial charge in [0.2, 0.25) is 5.91 Å². The number of hydrogen-bond donors (Lipinski definition) is 1. The van der Waals surface area contributed by atoms with E-state index in [-0.39, 0.29) is 24.2 Å². The zero-order valence-electron chi connectivity index (χ0n) is 12.8. The van der Waals surface area contributed by atoms with Gasteiger partial charge in [-0.2, -0.15) is 0 Å². The molecule has 1 saturated heterocycles. The molecular weight excluding hydrogens is 302 g/mol. The number of carbonyl (C=O) groups excluding carboxylic acids is 2. The third-order valence-corrected chi connectivity index (χ3v) is 4.29. The Morgan fingerprint density at radius 2 is 1.82 bits per heavy atom. The van der Waals surface area contributed by atoms with Gasteiger partial charge in [-0.05, 0) is 36.6 Å². The number of halogens is 1. The lowest BCUT2D eigenvalue weighted by atomic mass is 10.1. The van der Waals surface area contributed by atoms with Crippen molar-refractivity contribution in [3.05, 3.63) is 29.3 Å². The van der Waals surface area contributed by atoms with E-state index < -0.39 is 0 Å². The van der Waals surface area contributed by atoms with Crippen molar-refractivity contribution in [3.8, 4) is 0 Å². The van der Waals surface area contributed by atoms with E-state index in [1.165, 1.54) is 5.56 Å². The number of amides is 2. The lowest BCUT2D eigenvalue weighted by Crippen LogP contribution is -2.36. The highest BCUT2D eigenvalue weighted by Gasteiger charge is 2.22. The van der Waals surface area contributed by atoms with Gasteiger partial charge in [-0.1, -0.05) is 0 Å². The van der Waals surface area contributed by atoms with Crippen LogP contribution >= 0.6 is 12.4 Å². The van der Waals surface area contributed by atoms with Gasteiger partial charge in [0.05, 0.1) is 0 Å². The molecule has 120 valence electrons. The van der Waals surface area contributed by atoms with Crippen LogP contribution in [0.4, 0.5) is 5.69 Å². The molecule has 5 nitrogen and oxygen atoms in total. The zero-order chi connectivity index (χ0) is 14.8. The fourth-order valence-corrected chi connectivity index (χ4v) is 3.06. The number of hydrogen-bond acceptors (Lipinski definition) is 3. The molecule has 2 heterocycles. The van der Waals surface area contributed by atoms with Crippen molar-refractivity contribution in [2.24, 2.45) is 0 Å². The van der Waals surface area contributed by atoms with Crippen molar-refractivity contribution in [2.75, 3.05) is 38.0 Å². The highest BCUT2D eigenvalue weighted by Crippen LogP contribution is 2.23. The minimum atomic E-state index is 0. The highest BCUT2D eigenvalue weighted by molar-refractivity contribution is 5.95. The Morgan fingerprint density at radius 1 is 1.09 bits per heavy atom. The van der Waals surface area contributed by atoms with E-state index >= 15 is 0 Å². The quantitative estimate of drug-likeness (QED) is 0.857. The minimum Gasteiger partial charge on any atom is -0.384 e. The van der Waals surface area contributed by atoms with E-state index in [0.29, 0.717) is 13.1 Å². The van der Waals surface area contributed by atoms with Crippen LogP contribution in [0.5, 0.6) is 0 Å². The molecular formula is C16H22ClN3O2. The molecule has 3 rings (SSSR count). The molecule has 22 heavy (non-hydrogen) atoms. The van der Waals surface area contributed by atoms with Crippen molar-refractivity contribution in [1.29, 1.82) is 0 Å². The van der Waals surface area contributed by atoms with Crippen LogP contribution in [0.2, 0.25) is 0 Å². The molecule has 0 aromatic heterocycles. The maximum atomic E-state index is 12.6. The fraction of sp³-hybridized carbons (Fsp3) is 0.500. The second-order valence-corrected chi connectivity index (χ2v) is 5.70. The predicted octanol–water partition coefficient (Wildman–Crippen LogP) is 1.77. The number of rotatable bonds is 1. The van der Waals surface area contributed by atoms with E-state index in [1.54, 1.807) is 6.92 Å². The van der Waals surface area contributed by atoms with Crippen LogP contribution in [-0.2, 0) is 11.2 Å². The van der Waals surface area contributed by atoms with Crippen LogP contribution in [0, 0.1) is 0 Å². The number of benzene rings is 1. The van der Waals surface area contributed by atoms with Crippen LogP contribution < -0.4 is 5.32 Å². The van der Waals surface area contributed by atoms with E-state index in [4.69, 9.17) is 0 Å². The Hall–Kier alpha value is -1.75. The predicted molar refractivity (Wildman–Crippen MR) is 88.7 cm³/mol. The van der Waals surface area contributed by atoms with Crippen LogP contribution in [0.15, 0.2) is 18.2 Å². The Bertz CT molecular complexity index is 577. The summed E-state index contributed by atoms with van der Waals surface area (Å²) in [5.74, 6) is 0.169. The van der Waals surface area contributed by atoms with Gasteiger partial charge in [-0.3, -0.25) is 9.59 Å². The van der Waals surface area contributed by atoms with Crippen LogP contribution in [0.3, 0.4) is 0 Å². The Labute approximate surface area is 137 Å². The molecule has 2 amide bonds. The summed E-state index contributed by atoms with van der Waals surface area (Å²) in [6.07, 6.45) is 1.83. The number of nitrogens with zero attached hydrogens (tertiary/aromatic N) is 2. The van der Waals surface area contributed by atoms with Gasteiger partial charge in [0.15, 0.2) is 0 Å². The summed E-state index contributed by atoms with van der Waals surface area (Å²) in [4.78, 5) is 27.8. The van der Waals surface area contributed by atoms with Crippen molar-refractivity contribution in [2.45, 2.75) is 19.8 Å². The summed E-state index contributed by atoms with van der Waals surface area (Å²) in [6.45, 7) is 5.25. The topological polar surface area (TPSA) is 52.7 Å². The third-order valence-electron chi connectivity index (χ3n) is 4.29. The van der Waals surface area contributed by atoms with Crippen molar-refractivity contribution in [3.63, 3.8) is 0 Å². The van der Waals surface area contributed by atoms with Crippen LogP contribution in [-0.4, -0.2) is 54.3 Å². The zero-order valence-corrected chi connectivity index (χ0v) is 13.6. The van der Waals surface area contributed by atoms with Gasteiger partial charge in [-0.25, -0.2) is 0 Å². The molecule has 6 heteroatoms. The van der Waals surface area contributed by atoms with E-state index in [2.05, 4.69) is 5.32 Å². The third kappa shape index (κ3) is 3.35. The summed E-state index contributed by atoms with van der Waals surface area (Å²) in [5, 5.41) is 3.30. The molecule has 0 saturated carbocycles. The van der Waals surface area contributed by atoms with Gasteiger partial charge >= 0.3 is 0 Å². The van der Waals surface area contributed by atoms with Gasteiger partial charge in [0, 0.05) is 50.9 Å². The maximum absolute atomic E-state index is 12.6. The van der Waals surface area contributed by atoms with Crippen LogP contribution in [0.25, 0.3) is 0 Å². The van der Waals surface area contributed by atoms with Gasteiger partial charge in [0.25, 0.3) is 5.91 Å². The Balaban J connectivity index is 0.00000176. The summed E-state index contributed by atoms with van der Waals surface area (Å²) in [5.41, 5.74) is 3.12. The molecule has 0 unspecified atom stereocenters. The Morgan fingerprint density at radius 3 is 2.59 bits per heavy atom. The Kier molecular flexibility index (Phi) is 5.29. The molecule has 0 atom stereocenters. The molecule has 1 aromatic carbocycles. The van der Waals surface area contributed by atoms with E-state index in [0.717, 1.165) is 43.7 Å². The molecule has 1 aromatic rings. The first kappa shape index (κ1) is 16.6. The van der Waals surface area contributed by atoms with Crippen molar-refractivity contribution < 1.29 is 9.59 Å². The van der Waals surface area contributed by atoms with Gasteiger partial charge in [0.1, 0.15) is 0 Å². The first-order valence-corrected chi connectivity index (χ1v) is 7.57. The summed E-state index contributed by atoms with van der Waals surface area (Å²) < 4.78 is 0. The number of fused-ring (bicyclic) bond motifs is 1. The molecule has 2 aliphatic heterocycles. The van der Waals surface area contributed by atoms with E-state index in [1.807, 2.05) is 28.0 Å². The molecule has 0 aliphatic carbocycles.